The summed E-state index contributed by atoms with van der Waals surface area (Å²) in [4.78, 5) is 16.3. The molecule has 2 atom stereocenters. The van der Waals surface area contributed by atoms with Gasteiger partial charge in [0.05, 0.1) is 30.8 Å². The van der Waals surface area contributed by atoms with Gasteiger partial charge in [0.25, 0.3) is 0 Å². The Morgan fingerprint density at radius 3 is 2.54 bits per heavy atom. The van der Waals surface area contributed by atoms with E-state index >= 15 is 0 Å². The molecule has 6 heteroatoms. The summed E-state index contributed by atoms with van der Waals surface area (Å²) < 4.78 is 11.5. The average molecular weight is 511 g/mol. The molecule has 4 aromatic rings. The maximum absolute atomic E-state index is 14.0. The van der Waals surface area contributed by atoms with Crippen LogP contribution in [0.4, 0.5) is 11.4 Å². The van der Waals surface area contributed by atoms with Gasteiger partial charge in [0.1, 0.15) is 11.5 Å². The number of nitrogens with one attached hydrogen (secondary N) is 1. The predicted octanol–water partition coefficient (Wildman–Crippen LogP) is 7.52. The standard InChI is InChI=1S/C31H27ClN2O3/c1-36-29-10-5-2-7-23(29)31-30-25(17-21(18-27(30)35)28-11-6-16-37-28)33-24-8-3-4-9-26(24)34(31)19-20-12-14-22(32)15-13-20/h2-16,21,31,33H,17-19H2,1H3/t21-,31-/m0/s1. The molecule has 5 nitrogen and oxygen atoms in total. The number of carbonyl (C=O) groups excluding carboxylic acids is 1. The lowest BCUT2D eigenvalue weighted by molar-refractivity contribution is -0.116. The van der Waals surface area contributed by atoms with Crippen molar-refractivity contribution in [3.63, 3.8) is 0 Å². The molecule has 1 aromatic heterocycles. The molecule has 0 amide bonds. The first-order chi connectivity index (χ1) is 18.1. The van der Waals surface area contributed by atoms with Gasteiger partial charge in [0.15, 0.2) is 5.78 Å². The van der Waals surface area contributed by atoms with E-state index in [9.17, 15) is 4.79 Å². The molecule has 0 saturated carbocycles. The molecule has 1 aliphatic heterocycles. The lowest BCUT2D eigenvalue weighted by Crippen LogP contribution is -2.34. The highest BCUT2D eigenvalue weighted by Gasteiger charge is 2.41. The number of rotatable bonds is 5. The van der Waals surface area contributed by atoms with Crippen LogP contribution in [0.3, 0.4) is 0 Å². The van der Waals surface area contributed by atoms with Gasteiger partial charge in [-0.25, -0.2) is 0 Å². The summed E-state index contributed by atoms with van der Waals surface area (Å²) in [7, 11) is 1.68. The van der Waals surface area contributed by atoms with Crippen LogP contribution in [0.15, 0.2) is 107 Å². The summed E-state index contributed by atoms with van der Waals surface area (Å²) in [6, 6.07) is 27.6. The van der Waals surface area contributed by atoms with E-state index in [1.54, 1.807) is 13.4 Å². The van der Waals surface area contributed by atoms with Gasteiger partial charge in [-0.1, -0.05) is 54.1 Å². The quantitative estimate of drug-likeness (QED) is 0.301. The van der Waals surface area contributed by atoms with Gasteiger partial charge in [-0.15, -0.1) is 0 Å². The van der Waals surface area contributed by atoms with Crippen LogP contribution in [0, 0.1) is 0 Å². The number of ketones is 1. The minimum atomic E-state index is -0.344. The topological polar surface area (TPSA) is 54.7 Å². The first-order valence-corrected chi connectivity index (χ1v) is 12.8. The second-order valence-electron chi connectivity index (χ2n) is 9.48. The molecule has 0 saturated heterocycles. The number of para-hydroxylation sites is 3. The number of anilines is 2. The Hall–Kier alpha value is -3.96. The predicted molar refractivity (Wildman–Crippen MR) is 146 cm³/mol. The fraction of sp³-hybridized carbons (Fsp3) is 0.194. The van der Waals surface area contributed by atoms with E-state index in [4.69, 9.17) is 20.8 Å². The van der Waals surface area contributed by atoms with Gasteiger partial charge in [-0.05, 0) is 54.4 Å². The molecule has 0 unspecified atom stereocenters. The summed E-state index contributed by atoms with van der Waals surface area (Å²) in [5, 5.41) is 4.35. The first kappa shape index (κ1) is 23.4. The molecular formula is C31H27ClN2O3. The zero-order valence-corrected chi connectivity index (χ0v) is 21.2. The SMILES string of the molecule is COc1ccccc1[C@H]1C2=C(C[C@H](c3ccco3)CC2=O)Nc2ccccc2N1Cc1ccc(Cl)cc1. The first-order valence-electron chi connectivity index (χ1n) is 12.4. The molecule has 0 fully saturated rings. The summed E-state index contributed by atoms with van der Waals surface area (Å²) in [5.74, 6) is 1.69. The van der Waals surface area contributed by atoms with E-state index < -0.39 is 0 Å². The van der Waals surface area contributed by atoms with Crippen molar-refractivity contribution >= 4 is 28.8 Å². The Bertz CT molecular complexity index is 1460. The number of hydrogen-bond donors (Lipinski definition) is 1. The summed E-state index contributed by atoms with van der Waals surface area (Å²) in [5.41, 5.74) is 5.74. The van der Waals surface area contributed by atoms with Gasteiger partial charge in [0, 0.05) is 40.7 Å². The van der Waals surface area contributed by atoms with Crippen LogP contribution in [-0.2, 0) is 11.3 Å². The summed E-state index contributed by atoms with van der Waals surface area (Å²) >= 11 is 6.19. The Balaban J connectivity index is 1.56. The molecule has 2 heterocycles. The third-order valence-corrected chi connectivity index (χ3v) is 7.49. The second-order valence-corrected chi connectivity index (χ2v) is 9.91. The van der Waals surface area contributed by atoms with Crippen molar-refractivity contribution in [1.82, 2.24) is 0 Å². The van der Waals surface area contributed by atoms with Gasteiger partial charge in [-0.3, -0.25) is 4.79 Å². The monoisotopic (exact) mass is 510 g/mol. The normalized spacial score (nSPS) is 19.1. The highest BCUT2D eigenvalue weighted by Crippen LogP contribution is 2.49. The van der Waals surface area contributed by atoms with Crippen LogP contribution in [0.2, 0.25) is 5.02 Å². The molecule has 0 radical (unpaired) electrons. The number of Topliss-reactive ketones (excluding diaryl/α,β-unsaturated/α-hetero) is 1. The Kier molecular flexibility index (Phi) is 6.23. The minimum Gasteiger partial charge on any atom is -0.496 e. The molecule has 37 heavy (non-hydrogen) atoms. The van der Waals surface area contributed by atoms with Gasteiger partial charge in [-0.2, -0.15) is 0 Å². The summed E-state index contributed by atoms with van der Waals surface area (Å²) in [6.45, 7) is 0.588. The third kappa shape index (κ3) is 4.40. The second kappa shape index (κ2) is 9.83. The van der Waals surface area contributed by atoms with Crippen molar-refractivity contribution in [3.8, 4) is 5.75 Å². The third-order valence-electron chi connectivity index (χ3n) is 7.24. The van der Waals surface area contributed by atoms with Gasteiger partial charge < -0.3 is 19.4 Å². The number of furan rings is 1. The molecule has 1 aliphatic carbocycles. The number of fused-ring (bicyclic) bond motifs is 1. The zero-order valence-electron chi connectivity index (χ0n) is 20.5. The van der Waals surface area contributed by atoms with E-state index in [-0.39, 0.29) is 17.7 Å². The van der Waals surface area contributed by atoms with E-state index in [1.807, 2.05) is 66.7 Å². The van der Waals surface area contributed by atoms with Crippen LogP contribution in [0.1, 0.15) is 41.7 Å². The molecule has 1 N–H and O–H groups in total. The van der Waals surface area contributed by atoms with Crippen LogP contribution >= 0.6 is 11.6 Å². The number of ether oxygens (including phenoxy) is 1. The lowest BCUT2D eigenvalue weighted by atomic mass is 9.79. The average Bonchev–Trinajstić information content (AvgIpc) is 3.42. The van der Waals surface area contributed by atoms with Crippen LogP contribution in [0.25, 0.3) is 0 Å². The van der Waals surface area contributed by atoms with Crippen molar-refractivity contribution in [2.45, 2.75) is 31.3 Å². The number of carbonyl (C=O) groups is 1. The maximum atomic E-state index is 14.0. The maximum Gasteiger partial charge on any atom is 0.163 e. The smallest absolute Gasteiger partial charge is 0.163 e. The van der Waals surface area contributed by atoms with E-state index in [0.717, 1.165) is 45.3 Å². The van der Waals surface area contributed by atoms with Crippen molar-refractivity contribution in [2.24, 2.45) is 0 Å². The molecule has 6 rings (SSSR count). The molecule has 3 aromatic carbocycles. The largest absolute Gasteiger partial charge is 0.496 e. The number of methoxy groups -OCH3 is 1. The number of allylic oxidation sites excluding steroid dienone is 1. The molecule has 186 valence electrons. The van der Waals surface area contributed by atoms with Crippen LogP contribution < -0.4 is 15.0 Å². The number of halogens is 1. The van der Waals surface area contributed by atoms with Crippen molar-refractivity contribution in [2.75, 3.05) is 17.3 Å². The van der Waals surface area contributed by atoms with E-state index in [2.05, 4.69) is 28.4 Å². The lowest BCUT2D eigenvalue weighted by Gasteiger charge is -2.37. The van der Waals surface area contributed by atoms with Crippen LogP contribution in [0.5, 0.6) is 5.75 Å². The number of hydrogen-bond acceptors (Lipinski definition) is 5. The van der Waals surface area contributed by atoms with Crippen molar-refractivity contribution in [3.05, 3.63) is 124 Å². The molecule has 0 bridgehead atoms. The Morgan fingerprint density at radius 1 is 0.973 bits per heavy atom. The van der Waals surface area contributed by atoms with Crippen LogP contribution in [-0.4, -0.2) is 12.9 Å². The summed E-state index contributed by atoms with van der Waals surface area (Å²) in [6.07, 6.45) is 2.75. The van der Waals surface area contributed by atoms with Crippen molar-refractivity contribution < 1.29 is 13.9 Å². The number of benzene rings is 3. The highest BCUT2D eigenvalue weighted by molar-refractivity contribution is 6.30. The fourth-order valence-corrected chi connectivity index (χ4v) is 5.68. The van der Waals surface area contributed by atoms with E-state index in [0.29, 0.717) is 24.4 Å². The van der Waals surface area contributed by atoms with Gasteiger partial charge >= 0.3 is 0 Å². The zero-order chi connectivity index (χ0) is 25.4. The molecule has 0 spiro atoms. The molecule has 2 aliphatic rings. The Morgan fingerprint density at radius 2 is 1.76 bits per heavy atom. The van der Waals surface area contributed by atoms with Gasteiger partial charge in [0.2, 0.25) is 0 Å². The Labute approximate surface area is 221 Å². The number of nitrogens with zero attached hydrogens (tertiary/aromatic N) is 1. The highest BCUT2D eigenvalue weighted by atomic mass is 35.5. The fourth-order valence-electron chi connectivity index (χ4n) is 5.56. The van der Waals surface area contributed by atoms with E-state index in [1.165, 1.54) is 0 Å². The van der Waals surface area contributed by atoms with Crippen molar-refractivity contribution in [1.29, 1.82) is 0 Å². The molecular weight excluding hydrogens is 484 g/mol. The minimum absolute atomic E-state index is 0.0120.